The van der Waals surface area contributed by atoms with Crippen LogP contribution in [0, 0.1) is 0 Å². The van der Waals surface area contributed by atoms with Crippen LogP contribution in [0.2, 0.25) is 0 Å². The van der Waals surface area contributed by atoms with Crippen molar-refractivity contribution in [2.24, 2.45) is 5.10 Å². The second-order valence-corrected chi connectivity index (χ2v) is 4.48. The van der Waals surface area contributed by atoms with Gasteiger partial charge in [0, 0.05) is 11.6 Å². The van der Waals surface area contributed by atoms with E-state index in [0.29, 0.717) is 13.2 Å². The first-order valence-electron chi connectivity index (χ1n) is 7.12. The van der Waals surface area contributed by atoms with E-state index in [1.54, 1.807) is 6.21 Å². The Kier molecular flexibility index (Phi) is 5.75. The Morgan fingerprint density at radius 3 is 2.52 bits per heavy atom. The molecule has 0 saturated heterocycles. The minimum absolute atomic E-state index is 0.657. The zero-order valence-electron chi connectivity index (χ0n) is 12.4. The van der Waals surface area contributed by atoms with Crippen LogP contribution < -0.4 is 9.47 Å². The summed E-state index contributed by atoms with van der Waals surface area (Å²) in [4.78, 5) is 0. The molecule has 0 fully saturated rings. The van der Waals surface area contributed by atoms with Gasteiger partial charge in [0.1, 0.15) is 24.2 Å². The fraction of sp³-hybridized carbons (Fsp3) is 0.400. The predicted molar refractivity (Wildman–Crippen MR) is 81.0 cm³/mol. The smallest absolute Gasteiger partial charge is 0.141 e. The molecule has 6 heteroatoms. The van der Waals surface area contributed by atoms with Crippen LogP contribution in [0.1, 0.15) is 32.3 Å². The molecule has 0 amide bonds. The topological polar surface area (TPSA) is 61.5 Å². The number of benzene rings is 1. The molecule has 0 radical (unpaired) electrons. The highest BCUT2D eigenvalue weighted by Gasteiger charge is 2.05. The van der Waals surface area contributed by atoms with Crippen LogP contribution in [0.25, 0.3) is 0 Å². The Bertz CT molecular complexity index is 567. The second kappa shape index (κ2) is 8.04. The van der Waals surface area contributed by atoms with Gasteiger partial charge < -0.3 is 9.47 Å². The van der Waals surface area contributed by atoms with Gasteiger partial charge in [0.05, 0.1) is 19.4 Å². The van der Waals surface area contributed by atoms with Gasteiger partial charge in [0.2, 0.25) is 0 Å². The standard InChI is InChI=1S/C15H20N4O2/c1-3-7-20-14-6-5-13(15(9-14)21-8-4-2)10-18-19-11-16-17-12-19/h5-6,9-12H,3-4,7-8H2,1-2H3/b18-10+. The maximum Gasteiger partial charge on any atom is 0.141 e. The van der Waals surface area contributed by atoms with Gasteiger partial charge in [-0.15, -0.1) is 10.2 Å². The average molecular weight is 288 g/mol. The molecule has 2 rings (SSSR count). The van der Waals surface area contributed by atoms with Crippen molar-refractivity contribution >= 4 is 6.21 Å². The zero-order chi connectivity index (χ0) is 14.9. The predicted octanol–water partition coefficient (Wildman–Crippen LogP) is 2.74. The number of hydrogen-bond acceptors (Lipinski definition) is 5. The highest BCUT2D eigenvalue weighted by Crippen LogP contribution is 2.24. The first-order valence-corrected chi connectivity index (χ1v) is 7.12. The summed E-state index contributed by atoms with van der Waals surface area (Å²) in [6.07, 6.45) is 6.70. The summed E-state index contributed by atoms with van der Waals surface area (Å²) in [6.45, 7) is 5.50. The minimum atomic E-state index is 0.657. The molecule has 0 aliphatic carbocycles. The van der Waals surface area contributed by atoms with Crippen molar-refractivity contribution in [3.8, 4) is 11.5 Å². The minimum Gasteiger partial charge on any atom is -0.493 e. The van der Waals surface area contributed by atoms with Crippen molar-refractivity contribution < 1.29 is 9.47 Å². The molecular weight excluding hydrogens is 268 g/mol. The van der Waals surface area contributed by atoms with Gasteiger partial charge in [-0.05, 0) is 25.0 Å². The van der Waals surface area contributed by atoms with Gasteiger partial charge in [0.15, 0.2) is 0 Å². The second-order valence-electron chi connectivity index (χ2n) is 4.48. The Labute approximate surface area is 124 Å². The number of aromatic nitrogens is 3. The summed E-state index contributed by atoms with van der Waals surface area (Å²) in [5, 5.41) is 11.6. The van der Waals surface area contributed by atoms with E-state index in [9.17, 15) is 0 Å². The summed E-state index contributed by atoms with van der Waals surface area (Å²) in [7, 11) is 0. The van der Waals surface area contributed by atoms with E-state index in [1.165, 1.54) is 17.3 Å². The van der Waals surface area contributed by atoms with E-state index in [0.717, 1.165) is 29.9 Å². The third-order valence-corrected chi connectivity index (χ3v) is 2.66. The van der Waals surface area contributed by atoms with Crippen molar-refractivity contribution in [1.29, 1.82) is 0 Å². The van der Waals surface area contributed by atoms with Gasteiger partial charge in [-0.3, -0.25) is 0 Å². The molecule has 0 atom stereocenters. The fourth-order valence-electron chi connectivity index (χ4n) is 1.65. The third kappa shape index (κ3) is 4.59. The van der Waals surface area contributed by atoms with Crippen LogP contribution in [-0.2, 0) is 0 Å². The molecule has 2 aromatic rings. The van der Waals surface area contributed by atoms with Gasteiger partial charge >= 0.3 is 0 Å². The van der Waals surface area contributed by atoms with Gasteiger partial charge in [-0.2, -0.15) is 5.10 Å². The third-order valence-electron chi connectivity index (χ3n) is 2.66. The zero-order valence-corrected chi connectivity index (χ0v) is 12.4. The van der Waals surface area contributed by atoms with E-state index in [-0.39, 0.29) is 0 Å². The fourth-order valence-corrected chi connectivity index (χ4v) is 1.65. The van der Waals surface area contributed by atoms with E-state index in [2.05, 4.69) is 29.1 Å². The number of ether oxygens (including phenoxy) is 2. The quantitative estimate of drug-likeness (QED) is 0.701. The molecule has 21 heavy (non-hydrogen) atoms. The molecule has 0 spiro atoms. The van der Waals surface area contributed by atoms with Gasteiger partial charge in [0.25, 0.3) is 0 Å². The van der Waals surface area contributed by atoms with E-state index in [4.69, 9.17) is 9.47 Å². The summed E-state index contributed by atoms with van der Waals surface area (Å²) in [5.74, 6) is 1.58. The maximum absolute atomic E-state index is 5.77. The van der Waals surface area contributed by atoms with Crippen LogP contribution >= 0.6 is 0 Å². The number of nitrogens with zero attached hydrogens (tertiary/aromatic N) is 4. The lowest BCUT2D eigenvalue weighted by molar-refractivity contribution is 0.301. The van der Waals surface area contributed by atoms with Crippen LogP contribution in [-0.4, -0.2) is 34.3 Å². The SMILES string of the molecule is CCCOc1ccc(/C=N/n2cnnc2)c(OCCC)c1. The molecule has 112 valence electrons. The van der Waals surface area contributed by atoms with Crippen molar-refractivity contribution in [2.75, 3.05) is 13.2 Å². The van der Waals surface area contributed by atoms with Crippen LogP contribution in [0.4, 0.5) is 0 Å². The first-order chi connectivity index (χ1) is 10.3. The van der Waals surface area contributed by atoms with Crippen molar-refractivity contribution in [1.82, 2.24) is 14.9 Å². The van der Waals surface area contributed by atoms with E-state index in [1.807, 2.05) is 18.2 Å². The Balaban J connectivity index is 2.17. The van der Waals surface area contributed by atoms with Crippen molar-refractivity contribution in [3.63, 3.8) is 0 Å². The van der Waals surface area contributed by atoms with Crippen molar-refractivity contribution in [2.45, 2.75) is 26.7 Å². The van der Waals surface area contributed by atoms with Gasteiger partial charge in [-0.25, -0.2) is 4.68 Å². The number of rotatable bonds is 8. The van der Waals surface area contributed by atoms with E-state index >= 15 is 0 Å². The highest BCUT2D eigenvalue weighted by molar-refractivity contribution is 5.83. The molecular formula is C15H20N4O2. The molecule has 1 aromatic heterocycles. The lowest BCUT2D eigenvalue weighted by atomic mass is 10.2. The average Bonchev–Trinajstić information content (AvgIpc) is 3.03. The number of hydrogen-bond donors (Lipinski definition) is 0. The summed E-state index contributed by atoms with van der Waals surface area (Å²) in [5.41, 5.74) is 0.890. The molecule has 1 heterocycles. The molecule has 0 unspecified atom stereocenters. The Hall–Kier alpha value is -2.37. The summed E-state index contributed by atoms with van der Waals surface area (Å²) >= 11 is 0. The molecule has 0 N–H and O–H groups in total. The molecule has 1 aromatic carbocycles. The Morgan fingerprint density at radius 1 is 1.10 bits per heavy atom. The lowest BCUT2D eigenvalue weighted by Crippen LogP contribution is -2.01. The summed E-state index contributed by atoms with van der Waals surface area (Å²) in [6, 6.07) is 5.75. The molecule has 6 nitrogen and oxygen atoms in total. The first kappa shape index (κ1) is 15.0. The van der Waals surface area contributed by atoms with E-state index < -0.39 is 0 Å². The normalized spacial score (nSPS) is 11.0. The molecule has 0 saturated carbocycles. The molecule has 0 aliphatic rings. The van der Waals surface area contributed by atoms with Crippen molar-refractivity contribution in [3.05, 3.63) is 36.4 Å². The largest absolute Gasteiger partial charge is 0.493 e. The monoisotopic (exact) mass is 288 g/mol. The maximum atomic E-state index is 5.77. The van der Waals surface area contributed by atoms with Crippen LogP contribution in [0.5, 0.6) is 11.5 Å². The lowest BCUT2D eigenvalue weighted by Gasteiger charge is -2.11. The van der Waals surface area contributed by atoms with Crippen LogP contribution in [0.15, 0.2) is 36.0 Å². The molecule has 0 aliphatic heterocycles. The van der Waals surface area contributed by atoms with Crippen LogP contribution in [0.3, 0.4) is 0 Å². The Morgan fingerprint density at radius 2 is 1.81 bits per heavy atom. The summed E-state index contributed by atoms with van der Waals surface area (Å²) < 4.78 is 12.9. The van der Waals surface area contributed by atoms with Gasteiger partial charge in [-0.1, -0.05) is 13.8 Å². The highest BCUT2D eigenvalue weighted by atomic mass is 16.5. The molecule has 0 bridgehead atoms.